The molecule has 2 aromatic rings. The number of hydrogen-bond donors (Lipinski definition) is 1. The predicted octanol–water partition coefficient (Wildman–Crippen LogP) is 2.96. The number of halogens is 1. The van der Waals surface area contributed by atoms with E-state index in [-0.39, 0.29) is 0 Å². The van der Waals surface area contributed by atoms with Crippen LogP contribution in [0, 0.1) is 12.3 Å². The van der Waals surface area contributed by atoms with Crippen molar-refractivity contribution < 1.29 is 0 Å². The van der Waals surface area contributed by atoms with Crippen LogP contribution in [0.3, 0.4) is 0 Å². The normalized spacial score (nSPS) is 10.0. The van der Waals surface area contributed by atoms with Gasteiger partial charge in [0.25, 0.3) is 0 Å². The molecule has 0 fully saturated rings. The number of rotatable bonds is 3. The Kier molecular flexibility index (Phi) is 3.65. The minimum atomic E-state index is 0.579. The highest BCUT2D eigenvalue weighted by Crippen LogP contribution is 2.21. The fourth-order valence-electron chi connectivity index (χ4n) is 1.18. The van der Waals surface area contributed by atoms with E-state index in [1.807, 2.05) is 24.3 Å². The summed E-state index contributed by atoms with van der Waals surface area (Å²) < 4.78 is 1.01. The van der Waals surface area contributed by atoms with E-state index in [1.54, 1.807) is 0 Å². The Bertz CT molecular complexity index is 530. The zero-order valence-corrected chi connectivity index (χ0v) is 10.7. The molecular formula is C11H8BrN3S. The van der Waals surface area contributed by atoms with Crippen molar-refractivity contribution in [3.8, 4) is 23.7 Å². The molecule has 2 rings (SSSR count). The van der Waals surface area contributed by atoms with Crippen molar-refractivity contribution >= 4 is 27.7 Å². The van der Waals surface area contributed by atoms with Crippen molar-refractivity contribution in [3.63, 3.8) is 0 Å². The Balaban J connectivity index is 2.22. The number of aromatic nitrogens is 3. The molecular weight excluding hydrogens is 286 g/mol. The van der Waals surface area contributed by atoms with Gasteiger partial charge in [-0.1, -0.05) is 45.7 Å². The summed E-state index contributed by atoms with van der Waals surface area (Å²) >= 11 is 4.85. The first-order valence-electron chi connectivity index (χ1n) is 4.54. The van der Waals surface area contributed by atoms with Crippen molar-refractivity contribution in [2.24, 2.45) is 0 Å². The fourth-order valence-corrected chi connectivity index (χ4v) is 2.06. The Morgan fingerprint density at radius 1 is 1.50 bits per heavy atom. The van der Waals surface area contributed by atoms with Gasteiger partial charge >= 0.3 is 0 Å². The first-order chi connectivity index (χ1) is 7.79. The van der Waals surface area contributed by atoms with E-state index in [4.69, 9.17) is 6.42 Å². The van der Waals surface area contributed by atoms with Gasteiger partial charge in [-0.15, -0.1) is 11.5 Å². The SMILES string of the molecule is C#CCSc1n[nH]c(-c2cccc(Br)c2)n1. The van der Waals surface area contributed by atoms with Crippen LogP contribution < -0.4 is 0 Å². The second-order valence-electron chi connectivity index (χ2n) is 2.97. The average Bonchev–Trinajstić information content (AvgIpc) is 2.75. The second-order valence-corrected chi connectivity index (χ2v) is 4.83. The van der Waals surface area contributed by atoms with Crippen LogP contribution in [0.2, 0.25) is 0 Å². The van der Waals surface area contributed by atoms with E-state index in [0.29, 0.717) is 10.9 Å². The lowest BCUT2D eigenvalue weighted by Crippen LogP contribution is -1.80. The van der Waals surface area contributed by atoms with Crippen LogP contribution in [0.25, 0.3) is 11.4 Å². The minimum Gasteiger partial charge on any atom is -0.258 e. The predicted molar refractivity (Wildman–Crippen MR) is 69.1 cm³/mol. The summed E-state index contributed by atoms with van der Waals surface area (Å²) in [5, 5.41) is 7.64. The van der Waals surface area contributed by atoms with Crippen molar-refractivity contribution in [1.82, 2.24) is 15.2 Å². The third-order valence-corrected chi connectivity index (χ3v) is 3.09. The highest BCUT2D eigenvalue weighted by atomic mass is 79.9. The Hall–Kier alpha value is -1.25. The smallest absolute Gasteiger partial charge is 0.209 e. The lowest BCUT2D eigenvalue weighted by atomic mass is 10.2. The van der Waals surface area contributed by atoms with Crippen molar-refractivity contribution in [3.05, 3.63) is 28.7 Å². The monoisotopic (exact) mass is 293 g/mol. The zero-order valence-electron chi connectivity index (χ0n) is 8.27. The molecule has 0 aliphatic carbocycles. The van der Waals surface area contributed by atoms with Crippen molar-refractivity contribution in [1.29, 1.82) is 0 Å². The van der Waals surface area contributed by atoms with Crippen LogP contribution in [0.5, 0.6) is 0 Å². The summed E-state index contributed by atoms with van der Waals surface area (Å²) in [6.07, 6.45) is 5.17. The van der Waals surface area contributed by atoms with Crippen LogP contribution in [0.15, 0.2) is 33.9 Å². The minimum absolute atomic E-state index is 0.579. The van der Waals surface area contributed by atoms with Crippen molar-refractivity contribution in [2.45, 2.75) is 5.16 Å². The lowest BCUT2D eigenvalue weighted by molar-refractivity contribution is 0.975. The molecule has 0 saturated heterocycles. The topological polar surface area (TPSA) is 41.6 Å². The van der Waals surface area contributed by atoms with Gasteiger partial charge in [0.15, 0.2) is 5.82 Å². The summed E-state index contributed by atoms with van der Waals surface area (Å²) in [6, 6.07) is 7.88. The Labute approximate surface area is 106 Å². The van der Waals surface area contributed by atoms with Crippen LogP contribution in [0.4, 0.5) is 0 Å². The van der Waals surface area contributed by atoms with Gasteiger partial charge in [0.2, 0.25) is 5.16 Å². The number of H-pyrrole nitrogens is 1. The Morgan fingerprint density at radius 2 is 2.38 bits per heavy atom. The summed E-state index contributed by atoms with van der Waals surface area (Å²) in [7, 11) is 0. The molecule has 0 aliphatic heterocycles. The molecule has 0 atom stereocenters. The van der Waals surface area contributed by atoms with E-state index in [9.17, 15) is 0 Å². The highest BCUT2D eigenvalue weighted by molar-refractivity contribution is 9.10. The third kappa shape index (κ3) is 2.65. The molecule has 1 aromatic heterocycles. The van der Waals surface area contributed by atoms with Gasteiger partial charge in [0.1, 0.15) is 0 Å². The van der Waals surface area contributed by atoms with E-state index in [2.05, 4.69) is 37.0 Å². The summed E-state index contributed by atoms with van der Waals surface area (Å²) in [5.41, 5.74) is 0.995. The van der Waals surface area contributed by atoms with Gasteiger partial charge in [-0.05, 0) is 12.1 Å². The van der Waals surface area contributed by atoms with Crippen LogP contribution in [0.1, 0.15) is 0 Å². The maximum absolute atomic E-state index is 5.17. The molecule has 1 heterocycles. The molecule has 16 heavy (non-hydrogen) atoms. The molecule has 3 nitrogen and oxygen atoms in total. The molecule has 0 aliphatic rings. The van der Waals surface area contributed by atoms with Gasteiger partial charge < -0.3 is 0 Å². The standard InChI is InChI=1S/C11H8BrN3S/c1-2-6-16-11-13-10(14-15-11)8-4-3-5-9(12)7-8/h1,3-5,7H,6H2,(H,13,14,15). The molecule has 0 bridgehead atoms. The van der Waals surface area contributed by atoms with Gasteiger partial charge in [0, 0.05) is 10.0 Å². The largest absolute Gasteiger partial charge is 0.258 e. The number of nitrogens with zero attached hydrogens (tertiary/aromatic N) is 2. The molecule has 1 N–H and O–H groups in total. The molecule has 5 heteroatoms. The first kappa shape index (κ1) is 11.2. The van der Waals surface area contributed by atoms with Crippen molar-refractivity contribution in [2.75, 3.05) is 5.75 Å². The number of benzene rings is 1. The van der Waals surface area contributed by atoms with E-state index in [0.717, 1.165) is 15.9 Å². The summed E-state index contributed by atoms with van der Waals surface area (Å²) in [6.45, 7) is 0. The average molecular weight is 294 g/mol. The molecule has 80 valence electrons. The Morgan fingerprint density at radius 3 is 3.12 bits per heavy atom. The molecule has 1 aromatic carbocycles. The van der Waals surface area contributed by atoms with Crippen LogP contribution in [-0.2, 0) is 0 Å². The van der Waals surface area contributed by atoms with Gasteiger partial charge in [-0.25, -0.2) is 4.98 Å². The number of hydrogen-bond acceptors (Lipinski definition) is 3. The molecule has 0 saturated carbocycles. The number of nitrogens with one attached hydrogen (secondary N) is 1. The van der Waals surface area contributed by atoms with Gasteiger partial charge in [0.05, 0.1) is 5.75 Å². The maximum atomic E-state index is 5.17. The van der Waals surface area contributed by atoms with Gasteiger partial charge in [-0.2, -0.15) is 0 Å². The number of thioether (sulfide) groups is 1. The van der Waals surface area contributed by atoms with E-state index >= 15 is 0 Å². The number of aromatic amines is 1. The highest BCUT2D eigenvalue weighted by Gasteiger charge is 2.05. The quantitative estimate of drug-likeness (QED) is 0.699. The molecule has 0 radical (unpaired) electrons. The lowest BCUT2D eigenvalue weighted by Gasteiger charge is -1.95. The second kappa shape index (κ2) is 5.19. The first-order valence-corrected chi connectivity index (χ1v) is 6.32. The summed E-state index contributed by atoms with van der Waals surface area (Å²) in [4.78, 5) is 4.34. The van der Waals surface area contributed by atoms with E-state index < -0.39 is 0 Å². The molecule has 0 spiro atoms. The van der Waals surface area contributed by atoms with Gasteiger partial charge in [-0.3, -0.25) is 5.10 Å². The maximum Gasteiger partial charge on any atom is 0.209 e. The van der Waals surface area contributed by atoms with Crippen LogP contribution in [-0.4, -0.2) is 20.9 Å². The number of terminal acetylenes is 1. The molecule has 0 unspecified atom stereocenters. The third-order valence-electron chi connectivity index (χ3n) is 1.85. The van der Waals surface area contributed by atoms with E-state index in [1.165, 1.54) is 11.8 Å². The zero-order chi connectivity index (χ0) is 11.4. The molecule has 0 amide bonds. The summed E-state index contributed by atoms with van der Waals surface area (Å²) in [5.74, 6) is 3.87. The fraction of sp³-hybridized carbons (Fsp3) is 0.0909. The van der Waals surface area contributed by atoms with Crippen LogP contribution >= 0.6 is 27.7 Å².